The van der Waals surface area contributed by atoms with Crippen LogP contribution in [0.15, 0.2) is 48.5 Å². The molecule has 2 aromatic carbocycles. The first kappa shape index (κ1) is 13.0. The molecule has 0 fully saturated rings. The fourth-order valence-electron chi connectivity index (χ4n) is 2.45. The first-order valence-electron chi connectivity index (χ1n) is 6.35. The van der Waals surface area contributed by atoms with Crippen molar-refractivity contribution in [2.75, 3.05) is 11.6 Å². The van der Waals surface area contributed by atoms with Crippen molar-refractivity contribution in [3.05, 3.63) is 59.7 Å². The van der Waals surface area contributed by atoms with E-state index in [1.165, 1.54) is 17.1 Å². The van der Waals surface area contributed by atoms with Gasteiger partial charge in [0.25, 0.3) is 0 Å². The molecule has 1 aliphatic heterocycles. The Balaban J connectivity index is 2.12. The number of para-hydroxylation sites is 2. The number of hydrogen-bond acceptors (Lipinski definition) is 2. The summed E-state index contributed by atoms with van der Waals surface area (Å²) in [5, 5.41) is 1.53. The van der Waals surface area contributed by atoms with Crippen molar-refractivity contribution in [3.8, 4) is 0 Å². The summed E-state index contributed by atoms with van der Waals surface area (Å²) < 4.78 is 39.4. The molecule has 0 aromatic heterocycles. The maximum Gasteiger partial charge on any atom is 0.418 e. The second-order valence-corrected chi connectivity index (χ2v) is 4.64. The van der Waals surface area contributed by atoms with E-state index in [-0.39, 0.29) is 5.69 Å². The van der Waals surface area contributed by atoms with Crippen LogP contribution in [0.1, 0.15) is 11.1 Å². The summed E-state index contributed by atoms with van der Waals surface area (Å²) in [5.41, 5.74) is 4.35. The van der Waals surface area contributed by atoms with Gasteiger partial charge < -0.3 is 0 Å². The standard InChI is InChI=1S/C15H13F3N2/c16-15(17,18)12-6-2-4-8-14(12)20-13-7-3-1-5-11(13)9-10-19-20/h1-8,19H,9-10H2. The van der Waals surface area contributed by atoms with Crippen LogP contribution in [0.4, 0.5) is 24.5 Å². The largest absolute Gasteiger partial charge is 0.418 e. The first-order chi connectivity index (χ1) is 9.57. The normalized spacial score (nSPS) is 15.1. The van der Waals surface area contributed by atoms with E-state index in [2.05, 4.69) is 5.43 Å². The highest BCUT2D eigenvalue weighted by atomic mass is 19.4. The summed E-state index contributed by atoms with van der Waals surface area (Å²) in [4.78, 5) is 0. The van der Waals surface area contributed by atoms with Crippen LogP contribution in [0.5, 0.6) is 0 Å². The molecule has 5 heteroatoms. The number of hydrogen-bond donors (Lipinski definition) is 1. The van der Waals surface area contributed by atoms with Crippen molar-refractivity contribution in [2.24, 2.45) is 0 Å². The van der Waals surface area contributed by atoms with E-state index in [0.29, 0.717) is 6.54 Å². The Morgan fingerprint density at radius 2 is 1.55 bits per heavy atom. The summed E-state index contributed by atoms with van der Waals surface area (Å²) in [6, 6.07) is 13.1. The van der Waals surface area contributed by atoms with Crippen LogP contribution in [0.2, 0.25) is 0 Å². The van der Waals surface area contributed by atoms with Gasteiger partial charge in [-0.15, -0.1) is 0 Å². The van der Waals surface area contributed by atoms with Gasteiger partial charge in [-0.25, -0.2) is 5.43 Å². The number of fused-ring (bicyclic) bond motifs is 1. The second kappa shape index (κ2) is 4.83. The van der Waals surface area contributed by atoms with Crippen LogP contribution in [0.3, 0.4) is 0 Å². The van der Waals surface area contributed by atoms with Gasteiger partial charge in [0.2, 0.25) is 0 Å². The van der Waals surface area contributed by atoms with Gasteiger partial charge in [0, 0.05) is 6.54 Å². The van der Waals surface area contributed by atoms with E-state index >= 15 is 0 Å². The fourth-order valence-corrected chi connectivity index (χ4v) is 2.45. The maximum absolute atomic E-state index is 13.1. The number of nitrogens with one attached hydrogen (secondary N) is 1. The summed E-state index contributed by atoms with van der Waals surface area (Å²) in [6.07, 6.45) is -3.56. The third-order valence-electron chi connectivity index (χ3n) is 3.35. The van der Waals surface area contributed by atoms with Crippen LogP contribution in [-0.2, 0) is 12.6 Å². The minimum atomic E-state index is -4.37. The molecule has 0 amide bonds. The van der Waals surface area contributed by atoms with Crippen molar-refractivity contribution >= 4 is 11.4 Å². The van der Waals surface area contributed by atoms with Gasteiger partial charge in [0.15, 0.2) is 0 Å². The molecular formula is C15H13F3N2. The molecule has 0 spiro atoms. The highest BCUT2D eigenvalue weighted by molar-refractivity contribution is 5.69. The highest BCUT2D eigenvalue weighted by Gasteiger charge is 2.35. The molecule has 104 valence electrons. The Bertz CT molecular complexity index is 623. The Hall–Kier alpha value is -2.01. The molecule has 0 saturated heterocycles. The van der Waals surface area contributed by atoms with Crippen LogP contribution in [-0.4, -0.2) is 6.54 Å². The molecule has 0 aliphatic carbocycles. The predicted octanol–water partition coefficient (Wildman–Crippen LogP) is 3.90. The van der Waals surface area contributed by atoms with E-state index < -0.39 is 11.7 Å². The van der Waals surface area contributed by atoms with Crippen molar-refractivity contribution in [1.29, 1.82) is 0 Å². The van der Waals surface area contributed by atoms with Crippen molar-refractivity contribution < 1.29 is 13.2 Å². The van der Waals surface area contributed by atoms with E-state index in [1.807, 2.05) is 24.3 Å². The third-order valence-corrected chi connectivity index (χ3v) is 3.35. The fraction of sp³-hybridized carbons (Fsp3) is 0.200. The van der Waals surface area contributed by atoms with Gasteiger partial charge in [-0.2, -0.15) is 13.2 Å². The topological polar surface area (TPSA) is 15.3 Å². The zero-order chi connectivity index (χ0) is 14.2. The number of halogens is 3. The Kier molecular flexibility index (Phi) is 3.14. The van der Waals surface area contributed by atoms with Gasteiger partial charge >= 0.3 is 6.18 Å². The molecule has 0 bridgehead atoms. The predicted molar refractivity (Wildman–Crippen MR) is 71.7 cm³/mol. The van der Waals surface area contributed by atoms with Gasteiger partial charge in [0.05, 0.1) is 16.9 Å². The second-order valence-electron chi connectivity index (χ2n) is 4.64. The minimum absolute atomic E-state index is 0.132. The smallest absolute Gasteiger partial charge is 0.276 e. The highest BCUT2D eigenvalue weighted by Crippen LogP contribution is 2.39. The van der Waals surface area contributed by atoms with Gasteiger partial charge in [-0.1, -0.05) is 30.3 Å². The van der Waals surface area contributed by atoms with E-state index in [0.717, 1.165) is 23.7 Å². The molecule has 0 radical (unpaired) electrons. The lowest BCUT2D eigenvalue weighted by Gasteiger charge is -2.33. The lowest BCUT2D eigenvalue weighted by atomic mass is 10.1. The van der Waals surface area contributed by atoms with Crippen molar-refractivity contribution in [3.63, 3.8) is 0 Å². The number of hydrazine groups is 1. The number of anilines is 2. The number of alkyl halides is 3. The zero-order valence-electron chi connectivity index (χ0n) is 10.6. The lowest BCUT2D eigenvalue weighted by molar-refractivity contribution is -0.137. The van der Waals surface area contributed by atoms with Crippen LogP contribution in [0.25, 0.3) is 0 Å². The zero-order valence-corrected chi connectivity index (χ0v) is 10.6. The Labute approximate surface area is 114 Å². The molecule has 20 heavy (non-hydrogen) atoms. The van der Waals surface area contributed by atoms with Crippen LogP contribution >= 0.6 is 0 Å². The van der Waals surface area contributed by atoms with E-state index in [1.54, 1.807) is 6.07 Å². The molecule has 1 aliphatic rings. The maximum atomic E-state index is 13.1. The van der Waals surface area contributed by atoms with Crippen molar-refractivity contribution in [1.82, 2.24) is 5.43 Å². The minimum Gasteiger partial charge on any atom is -0.276 e. The molecule has 0 unspecified atom stereocenters. The molecule has 2 nitrogen and oxygen atoms in total. The number of rotatable bonds is 1. The molecule has 0 saturated carbocycles. The van der Waals surface area contributed by atoms with Gasteiger partial charge in [-0.05, 0) is 30.2 Å². The summed E-state index contributed by atoms with van der Waals surface area (Å²) in [6.45, 7) is 0.614. The lowest BCUT2D eigenvalue weighted by Crippen LogP contribution is -2.40. The van der Waals surface area contributed by atoms with Gasteiger partial charge in [0.1, 0.15) is 0 Å². The molecule has 0 atom stereocenters. The Morgan fingerprint density at radius 3 is 2.30 bits per heavy atom. The monoisotopic (exact) mass is 278 g/mol. The molecular weight excluding hydrogens is 265 g/mol. The average molecular weight is 278 g/mol. The molecule has 1 N–H and O–H groups in total. The SMILES string of the molecule is FC(F)(F)c1ccccc1N1NCCc2ccccc21. The van der Waals surface area contributed by atoms with Gasteiger partial charge in [-0.3, -0.25) is 5.01 Å². The average Bonchev–Trinajstić information content (AvgIpc) is 2.46. The van der Waals surface area contributed by atoms with E-state index in [9.17, 15) is 13.2 Å². The van der Waals surface area contributed by atoms with Crippen LogP contribution < -0.4 is 10.4 Å². The van der Waals surface area contributed by atoms with Crippen molar-refractivity contribution in [2.45, 2.75) is 12.6 Å². The molecule has 1 heterocycles. The summed E-state index contributed by atoms with van der Waals surface area (Å²) in [5.74, 6) is 0. The van der Waals surface area contributed by atoms with E-state index in [4.69, 9.17) is 0 Å². The number of nitrogens with zero attached hydrogens (tertiary/aromatic N) is 1. The summed E-state index contributed by atoms with van der Waals surface area (Å²) >= 11 is 0. The number of benzene rings is 2. The Morgan fingerprint density at radius 1 is 0.900 bits per heavy atom. The molecule has 3 rings (SSSR count). The summed E-state index contributed by atoms with van der Waals surface area (Å²) in [7, 11) is 0. The third kappa shape index (κ3) is 2.25. The molecule has 2 aromatic rings. The quantitative estimate of drug-likeness (QED) is 0.851. The first-order valence-corrected chi connectivity index (χ1v) is 6.35. The van der Waals surface area contributed by atoms with Crippen LogP contribution in [0, 0.1) is 0 Å².